The molecule has 1 saturated heterocycles. The zero-order valence-corrected chi connectivity index (χ0v) is 15.8. The Morgan fingerprint density at radius 2 is 1.89 bits per heavy atom. The number of rotatable bonds is 8. The van der Waals surface area contributed by atoms with Crippen LogP contribution in [0.4, 0.5) is 4.79 Å². The summed E-state index contributed by atoms with van der Waals surface area (Å²) >= 11 is 0. The Morgan fingerprint density at radius 1 is 1.22 bits per heavy atom. The average Bonchev–Trinajstić information content (AvgIpc) is 2.83. The molecule has 0 aromatic heterocycles. The van der Waals surface area contributed by atoms with Crippen molar-refractivity contribution in [3.8, 4) is 0 Å². The van der Waals surface area contributed by atoms with Crippen molar-refractivity contribution >= 4 is 23.8 Å². The highest BCUT2D eigenvalue weighted by Crippen LogP contribution is 2.28. The van der Waals surface area contributed by atoms with E-state index < -0.39 is 23.4 Å². The molecule has 1 aliphatic heterocycles. The molecule has 27 heavy (non-hydrogen) atoms. The minimum atomic E-state index is -1.20. The van der Waals surface area contributed by atoms with Crippen LogP contribution >= 0.6 is 0 Å². The molecule has 146 valence electrons. The number of hydrogen-bond acceptors (Lipinski definition) is 5. The molecule has 0 radical (unpaired) electrons. The molecule has 0 spiro atoms. The summed E-state index contributed by atoms with van der Waals surface area (Å²) in [5, 5.41) is 5.27. The molecule has 1 fully saturated rings. The first-order valence-electron chi connectivity index (χ1n) is 8.91. The van der Waals surface area contributed by atoms with Crippen molar-refractivity contribution in [1.29, 1.82) is 0 Å². The Balaban J connectivity index is 1.90. The summed E-state index contributed by atoms with van der Waals surface area (Å²) < 4.78 is 4.80. The summed E-state index contributed by atoms with van der Waals surface area (Å²) in [5.74, 6) is -1.26. The van der Waals surface area contributed by atoms with E-state index in [9.17, 15) is 19.2 Å². The van der Waals surface area contributed by atoms with Crippen molar-refractivity contribution in [2.75, 3.05) is 19.7 Å². The van der Waals surface area contributed by atoms with Gasteiger partial charge in [0.1, 0.15) is 12.1 Å². The molecule has 0 aliphatic carbocycles. The second kappa shape index (κ2) is 8.66. The quantitative estimate of drug-likeness (QED) is 0.404. The molecular weight excluding hydrogens is 350 g/mol. The molecule has 0 unspecified atom stereocenters. The maximum atomic E-state index is 12.8. The Labute approximate surface area is 158 Å². The van der Waals surface area contributed by atoms with E-state index in [1.54, 1.807) is 26.0 Å². The van der Waals surface area contributed by atoms with Crippen molar-refractivity contribution < 1.29 is 23.9 Å². The first-order valence-corrected chi connectivity index (χ1v) is 8.91. The maximum Gasteiger partial charge on any atom is 0.325 e. The highest BCUT2D eigenvalue weighted by molar-refractivity contribution is 6.09. The Bertz CT molecular complexity index is 731. The Kier molecular flexibility index (Phi) is 6.55. The number of ether oxygens (including phenoxy) is 1. The van der Waals surface area contributed by atoms with Gasteiger partial charge in [0.15, 0.2) is 0 Å². The van der Waals surface area contributed by atoms with Gasteiger partial charge in [0, 0.05) is 13.0 Å². The van der Waals surface area contributed by atoms with Crippen molar-refractivity contribution in [1.82, 2.24) is 15.5 Å². The van der Waals surface area contributed by atoms with Crippen LogP contribution < -0.4 is 10.6 Å². The van der Waals surface area contributed by atoms with Gasteiger partial charge in [-0.2, -0.15) is 0 Å². The largest absolute Gasteiger partial charge is 0.466 e. The predicted octanol–water partition coefficient (Wildman–Crippen LogP) is 1.22. The lowest BCUT2D eigenvalue weighted by molar-refractivity contribution is -0.143. The lowest BCUT2D eigenvalue weighted by Gasteiger charge is -2.22. The van der Waals surface area contributed by atoms with Crippen LogP contribution in [0.3, 0.4) is 0 Å². The van der Waals surface area contributed by atoms with Crippen LogP contribution in [0.2, 0.25) is 0 Å². The number of aryl methyl sites for hydroxylation is 1. The van der Waals surface area contributed by atoms with Gasteiger partial charge in [-0.05, 0) is 32.8 Å². The number of esters is 1. The van der Waals surface area contributed by atoms with E-state index in [0.717, 1.165) is 10.5 Å². The summed E-state index contributed by atoms with van der Waals surface area (Å²) in [7, 11) is 0. The van der Waals surface area contributed by atoms with E-state index in [4.69, 9.17) is 4.74 Å². The van der Waals surface area contributed by atoms with Gasteiger partial charge < -0.3 is 15.4 Å². The first kappa shape index (κ1) is 20.4. The number of carbonyl (C=O) groups excluding carboxylic acids is 4. The highest BCUT2D eigenvalue weighted by Gasteiger charge is 2.49. The number of benzene rings is 1. The zero-order valence-electron chi connectivity index (χ0n) is 15.8. The number of nitrogens with zero attached hydrogens (tertiary/aromatic N) is 1. The summed E-state index contributed by atoms with van der Waals surface area (Å²) in [6, 6.07) is 6.68. The van der Waals surface area contributed by atoms with Crippen LogP contribution in [-0.4, -0.2) is 48.4 Å². The fraction of sp³-hybridized carbons (Fsp3) is 0.474. The highest BCUT2D eigenvalue weighted by atomic mass is 16.5. The molecule has 2 rings (SSSR count). The molecule has 1 heterocycles. The zero-order chi connectivity index (χ0) is 20.0. The van der Waals surface area contributed by atoms with Crippen molar-refractivity contribution in [3.05, 3.63) is 35.4 Å². The molecule has 1 atom stereocenters. The third-order valence-corrected chi connectivity index (χ3v) is 4.39. The second-order valence-corrected chi connectivity index (χ2v) is 6.57. The van der Waals surface area contributed by atoms with Gasteiger partial charge in [-0.15, -0.1) is 0 Å². The maximum absolute atomic E-state index is 12.8. The number of imide groups is 1. The van der Waals surface area contributed by atoms with E-state index >= 15 is 0 Å². The van der Waals surface area contributed by atoms with E-state index in [1.165, 1.54) is 0 Å². The van der Waals surface area contributed by atoms with E-state index in [0.29, 0.717) is 18.6 Å². The summed E-state index contributed by atoms with van der Waals surface area (Å²) in [5.41, 5.74) is 0.497. The Hall–Kier alpha value is -2.90. The van der Waals surface area contributed by atoms with Gasteiger partial charge in [-0.3, -0.25) is 19.3 Å². The van der Waals surface area contributed by atoms with E-state index in [1.807, 2.05) is 19.1 Å². The van der Waals surface area contributed by atoms with Gasteiger partial charge in [-0.25, -0.2) is 4.79 Å². The average molecular weight is 375 g/mol. The van der Waals surface area contributed by atoms with Gasteiger partial charge in [0.25, 0.3) is 5.91 Å². The standard InChI is InChI=1S/C19H25N3O5/c1-4-27-16(24)6-5-11-20-15(23)12-22-17(25)19(3,21-18(22)26)14-9-7-13(2)8-10-14/h7-10H,4-6,11-12H2,1-3H3,(H,20,23)(H,21,26)/t19-/m0/s1. The molecule has 1 aromatic rings. The third kappa shape index (κ3) is 4.84. The third-order valence-electron chi connectivity index (χ3n) is 4.39. The molecular formula is C19H25N3O5. The SMILES string of the molecule is CCOC(=O)CCCNC(=O)CN1C(=O)N[C@@](C)(c2ccc(C)cc2)C1=O. The van der Waals surface area contributed by atoms with E-state index in [-0.39, 0.29) is 25.5 Å². The molecule has 0 saturated carbocycles. The van der Waals surface area contributed by atoms with Crippen LogP contribution in [0.15, 0.2) is 24.3 Å². The van der Waals surface area contributed by atoms with Crippen LogP contribution in [0.5, 0.6) is 0 Å². The molecule has 8 heteroatoms. The lowest BCUT2D eigenvalue weighted by Crippen LogP contribution is -2.43. The number of amides is 4. The summed E-state index contributed by atoms with van der Waals surface area (Å²) in [6.45, 7) is 5.48. The minimum absolute atomic E-state index is 0.197. The normalized spacial score (nSPS) is 19.0. The fourth-order valence-electron chi connectivity index (χ4n) is 2.82. The van der Waals surface area contributed by atoms with Crippen LogP contribution in [0, 0.1) is 6.92 Å². The van der Waals surface area contributed by atoms with Crippen molar-refractivity contribution in [2.45, 2.75) is 39.2 Å². The van der Waals surface area contributed by atoms with Crippen LogP contribution in [0.25, 0.3) is 0 Å². The van der Waals surface area contributed by atoms with Gasteiger partial charge in [0.2, 0.25) is 5.91 Å². The van der Waals surface area contributed by atoms with Crippen molar-refractivity contribution in [3.63, 3.8) is 0 Å². The molecule has 0 bridgehead atoms. The Morgan fingerprint density at radius 3 is 2.52 bits per heavy atom. The number of hydrogen-bond donors (Lipinski definition) is 2. The van der Waals surface area contributed by atoms with Gasteiger partial charge in [0.05, 0.1) is 6.61 Å². The number of urea groups is 1. The van der Waals surface area contributed by atoms with Crippen LogP contribution in [0.1, 0.15) is 37.8 Å². The minimum Gasteiger partial charge on any atom is -0.466 e. The fourth-order valence-corrected chi connectivity index (χ4v) is 2.82. The van der Waals surface area contributed by atoms with E-state index in [2.05, 4.69) is 10.6 Å². The molecule has 8 nitrogen and oxygen atoms in total. The van der Waals surface area contributed by atoms with Crippen molar-refractivity contribution in [2.24, 2.45) is 0 Å². The predicted molar refractivity (Wildman–Crippen MR) is 97.7 cm³/mol. The second-order valence-electron chi connectivity index (χ2n) is 6.57. The number of carbonyl (C=O) groups is 4. The van der Waals surface area contributed by atoms with Gasteiger partial charge in [-0.1, -0.05) is 29.8 Å². The molecule has 1 aliphatic rings. The topological polar surface area (TPSA) is 105 Å². The first-order chi connectivity index (χ1) is 12.8. The molecule has 2 N–H and O–H groups in total. The smallest absolute Gasteiger partial charge is 0.325 e. The lowest BCUT2D eigenvalue weighted by atomic mass is 9.91. The molecule has 4 amide bonds. The number of nitrogens with one attached hydrogen (secondary N) is 2. The van der Waals surface area contributed by atoms with Crippen LogP contribution in [-0.2, 0) is 24.7 Å². The monoisotopic (exact) mass is 375 g/mol. The summed E-state index contributed by atoms with van der Waals surface area (Å²) in [4.78, 5) is 49.2. The molecule has 1 aromatic carbocycles. The van der Waals surface area contributed by atoms with Gasteiger partial charge >= 0.3 is 12.0 Å². The summed E-state index contributed by atoms with van der Waals surface area (Å²) in [6.07, 6.45) is 0.620.